The number of unbranched alkanes of at least 4 members (excludes halogenated alkanes) is 1. The Balaban J connectivity index is 2.02. The number of hydrogen-bond donors (Lipinski definition) is 2. The first kappa shape index (κ1) is 16.0. The number of rotatable bonds is 7. The third-order valence-electron chi connectivity index (χ3n) is 3.47. The molecule has 4 heteroatoms. The Bertz CT molecular complexity index is 608. The Labute approximate surface area is 132 Å². The van der Waals surface area contributed by atoms with Gasteiger partial charge in [-0.2, -0.15) is 0 Å². The number of anilines is 2. The molecule has 0 saturated heterocycles. The topological polar surface area (TPSA) is 54.0 Å². The summed E-state index contributed by atoms with van der Waals surface area (Å²) >= 11 is 0. The molecule has 4 nitrogen and oxygen atoms in total. The first-order chi connectivity index (χ1) is 10.7. The van der Waals surface area contributed by atoms with Crippen LogP contribution in [0.3, 0.4) is 0 Å². The predicted octanol–water partition coefficient (Wildman–Crippen LogP) is 3.92. The highest BCUT2D eigenvalue weighted by molar-refractivity contribution is 5.94. The van der Waals surface area contributed by atoms with E-state index in [0.29, 0.717) is 17.9 Å². The van der Waals surface area contributed by atoms with Crippen molar-refractivity contribution in [1.82, 2.24) is 10.3 Å². The number of pyridine rings is 1. The molecule has 0 spiro atoms. The number of hydrogen-bond acceptors (Lipinski definition) is 3. The molecule has 0 bridgehead atoms. The fourth-order valence-electron chi connectivity index (χ4n) is 2.09. The van der Waals surface area contributed by atoms with Gasteiger partial charge in [0.1, 0.15) is 5.82 Å². The van der Waals surface area contributed by atoms with Gasteiger partial charge >= 0.3 is 0 Å². The number of aromatic nitrogens is 1. The Morgan fingerprint density at radius 2 is 1.91 bits per heavy atom. The highest BCUT2D eigenvalue weighted by atomic mass is 16.1. The molecule has 1 heterocycles. The summed E-state index contributed by atoms with van der Waals surface area (Å²) in [5, 5.41) is 6.14. The van der Waals surface area contributed by atoms with Gasteiger partial charge in [0.25, 0.3) is 5.91 Å². The van der Waals surface area contributed by atoms with E-state index in [-0.39, 0.29) is 5.91 Å². The Kier molecular flexibility index (Phi) is 5.95. The molecule has 0 atom stereocenters. The molecule has 1 aromatic heterocycles. The molecule has 0 unspecified atom stereocenters. The smallest absolute Gasteiger partial charge is 0.251 e. The minimum Gasteiger partial charge on any atom is -0.352 e. The van der Waals surface area contributed by atoms with Crippen molar-refractivity contribution in [3.05, 3.63) is 53.7 Å². The van der Waals surface area contributed by atoms with Gasteiger partial charge < -0.3 is 10.6 Å². The van der Waals surface area contributed by atoms with Crippen LogP contribution in [0.1, 0.15) is 42.6 Å². The number of aryl methyl sites for hydroxylation is 1. The molecule has 0 aliphatic rings. The highest BCUT2D eigenvalue weighted by Gasteiger charge is 2.06. The first-order valence-electron chi connectivity index (χ1n) is 7.83. The van der Waals surface area contributed by atoms with E-state index in [1.165, 1.54) is 5.56 Å². The number of benzene rings is 1. The molecule has 0 saturated carbocycles. The van der Waals surface area contributed by atoms with E-state index in [4.69, 9.17) is 0 Å². The molecule has 2 rings (SSSR count). The van der Waals surface area contributed by atoms with Crippen molar-refractivity contribution < 1.29 is 4.79 Å². The average molecular weight is 297 g/mol. The molecule has 1 amide bonds. The SMILES string of the molecule is CCCCNC(=O)c1ccnc(Nc2ccc(CC)cc2)c1. The van der Waals surface area contributed by atoms with Crippen LogP contribution in [-0.4, -0.2) is 17.4 Å². The molecular weight excluding hydrogens is 274 g/mol. The number of nitrogens with zero attached hydrogens (tertiary/aromatic N) is 1. The summed E-state index contributed by atoms with van der Waals surface area (Å²) in [4.78, 5) is 16.3. The van der Waals surface area contributed by atoms with E-state index in [9.17, 15) is 4.79 Å². The summed E-state index contributed by atoms with van der Waals surface area (Å²) in [5.41, 5.74) is 2.88. The molecule has 2 N–H and O–H groups in total. The fourth-order valence-corrected chi connectivity index (χ4v) is 2.09. The van der Waals surface area contributed by atoms with Crippen LogP contribution in [0, 0.1) is 0 Å². The lowest BCUT2D eigenvalue weighted by Gasteiger charge is -2.08. The van der Waals surface area contributed by atoms with E-state index >= 15 is 0 Å². The molecule has 116 valence electrons. The summed E-state index contributed by atoms with van der Waals surface area (Å²) in [6.45, 7) is 4.94. The zero-order valence-corrected chi connectivity index (χ0v) is 13.2. The second-order valence-corrected chi connectivity index (χ2v) is 5.21. The van der Waals surface area contributed by atoms with E-state index in [2.05, 4.69) is 41.6 Å². The largest absolute Gasteiger partial charge is 0.352 e. The van der Waals surface area contributed by atoms with Crippen molar-refractivity contribution in [3.8, 4) is 0 Å². The predicted molar refractivity (Wildman–Crippen MR) is 90.6 cm³/mol. The number of nitrogens with one attached hydrogen (secondary N) is 2. The van der Waals surface area contributed by atoms with E-state index in [1.54, 1.807) is 18.3 Å². The Hall–Kier alpha value is -2.36. The van der Waals surface area contributed by atoms with Crippen molar-refractivity contribution in [2.45, 2.75) is 33.1 Å². The molecule has 0 aliphatic heterocycles. The van der Waals surface area contributed by atoms with Gasteiger partial charge in [0.2, 0.25) is 0 Å². The summed E-state index contributed by atoms with van der Waals surface area (Å²) in [6, 6.07) is 11.7. The van der Waals surface area contributed by atoms with Gasteiger partial charge in [-0.05, 0) is 42.7 Å². The van der Waals surface area contributed by atoms with Crippen molar-refractivity contribution in [1.29, 1.82) is 0 Å². The molecule has 0 radical (unpaired) electrons. The van der Waals surface area contributed by atoms with E-state index in [0.717, 1.165) is 24.9 Å². The first-order valence-corrected chi connectivity index (χ1v) is 7.83. The maximum atomic E-state index is 12.0. The lowest BCUT2D eigenvalue weighted by molar-refractivity contribution is 0.0953. The van der Waals surface area contributed by atoms with Crippen molar-refractivity contribution in [3.63, 3.8) is 0 Å². The Morgan fingerprint density at radius 1 is 1.14 bits per heavy atom. The number of carbonyl (C=O) groups is 1. The summed E-state index contributed by atoms with van der Waals surface area (Å²) in [6.07, 6.45) is 4.73. The molecule has 0 aliphatic carbocycles. The second-order valence-electron chi connectivity index (χ2n) is 5.21. The fraction of sp³-hybridized carbons (Fsp3) is 0.333. The lowest BCUT2D eigenvalue weighted by atomic mass is 10.1. The van der Waals surface area contributed by atoms with Gasteiger partial charge in [-0.25, -0.2) is 4.98 Å². The van der Waals surface area contributed by atoms with Crippen LogP contribution in [-0.2, 0) is 6.42 Å². The molecule has 2 aromatic rings. The highest BCUT2D eigenvalue weighted by Crippen LogP contribution is 2.16. The Morgan fingerprint density at radius 3 is 2.59 bits per heavy atom. The molecular formula is C18H23N3O. The summed E-state index contributed by atoms with van der Waals surface area (Å²) < 4.78 is 0. The zero-order chi connectivity index (χ0) is 15.8. The normalized spacial score (nSPS) is 10.3. The maximum absolute atomic E-state index is 12.0. The minimum atomic E-state index is -0.0553. The molecule has 0 fully saturated rings. The maximum Gasteiger partial charge on any atom is 0.251 e. The van der Waals surface area contributed by atoms with Crippen LogP contribution in [0.15, 0.2) is 42.6 Å². The van der Waals surface area contributed by atoms with Crippen LogP contribution in [0.2, 0.25) is 0 Å². The van der Waals surface area contributed by atoms with Gasteiger partial charge in [-0.1, -0.05) is 32.4 Å². The van der Waals surface area contributed by atoms with Crippen LogP contribution in [0.5, 0.6) is 0 Å². The van der Waals surface area contributed by atoms with Gasteiger partial charge in [-0.15, -0.1) is 0 Å². The number of carbonyl (C=O) groups excluding carboxylic acids is 1. The van der Waals surface area contributed by atoms with Crippen molar-refractivity contribution in [2.75, 3.05) is 11.9 Å². The molecule has 22 heavy (non-hydrogen) atoms. The van der Waals surface area contributed by atoms with Crippen molar-refractivity contribution >= 4 is 17.4 Å². The van der Waals surface area contributed by atoms with Crippen LogP contribution >= 0.6 is 0 Å². The summed E-state index contributed by atoms with van der Waals surface area (Å²) in [7, 11) is 0. The zero-order valence-electron chi connectivity index (χ0n) is 13.2. The number of amides is 1. The third-order valence-corrected chi connectivity index (χ3v) is 3.47. The van der Waals surface area contributed by atoms with Crippen molar-refractivity contribution in [2.24, 2.45) is 0 Å². The third kappa shape index (κ3) is 4.58. The summed E-state index contributed by atoms with van der Waals surface area (Å²) in [5.74, 6) is 0.618. The minimum absolute atomic E-state index is 0.0553. The lowest BCUT2D eigenvalue weighted by Crippen LogP contribution is -2.24. The van der Waals surface area contributed by atoms with Gasteiger partial charge in [0.15, 0.2) is 0 Å². The quantitative estimate of drug-likeness (QED) is 0.762. The van der Waals surface area contributed by atoms with Crippen LogP contribution < -0.4 is 10.6 Å². The second kappa shape index (κ2) is 8.17. The van der Waals surface area contributed by atoms with Gasteiger partial charge in [0, 0.05) is 24.0 Å². The van der Waals surface area contributed by atoms with E-state index in [1.807, 2.05) is 12.1 Å². The monoisotopic (exact) mass is 297 g/mol. The van der Waals surface area contributed by atoms with Gasteiger partial charge in [0.05, 0.1) is 0 Å². The van der Waals surface area contributed by atoms with E-state index < -0.39 is 0 Å². The average Bonchev–Trinajstić information content (AvgIpc) is 2.56. The standard InChI is InChI=1S/C18H23N3O/c1-3-5-11-20-18(22)15-10-12-19-17(13-15)21-16-8-6-14(4-2)7-9-16/h6-10,12-13H,3-5,11H2,1-2H3,(H,19,21)(H,20,22). The molecule has 1 aromatic carbocycles. The van der Waals surface area contributed by atoms with Crippen LogP contribution in [0.4, 0.5) is 11.5 Å². The van der Waals surface area contributed by atoms with Crippen LogP contribution in [0.25, 0.3) is 0 Å². The van der Waals surface area contributed by atoms with Gasteiger partial charge in [-0.3, -0.25) is 4.79 Å².